The van der Waals surface area contributed by atoms with Gasteiger partial charge in [-0.25, -0.2) is 4.52 Å². The molecule has 5 rings (SSSR count). The van der Waals surface area contributed by atoms with Gasteiger partial charge in [-0.15, -0.1) is 5.10 Å². The second-order valence-corrected chi connectivity index (χ2v) is 9.62. The zero-order valence-corrected chi connectivity index (χ0v) is 20.1. The lowest BCUT2D eigenvalue weighted by Gasteiger charge is -2.39. The first kappa shape index (κ1) is 27.1. The topological polar surface area (TPSA) is 67.6 Å². The predicted molar refractivity (Wildman–Crippen MR) is 119 cm³/mol. The number of piperidine rings is 1. The van der Waals surface area contributed by atoms with Crippen LogP contribution < -0.4 is 15.0 Å². The van der Waals surface area contributed by atoms with Gasteiger partial charge in [0, 0.05) is 31.0 Å². The van der Waals surface area contributed by atoms with E-state index in [0.29, 0.717) is 42.2 Å². The zero-order chi connectivity index (χ0) is 28.3. The Hall–Kier alpha value is -3.46. The van der Waals surface area contributed by atoms with Crippen LogP contribution in [0.3, 0.4) is 0 Å². The molecule has 0 amide bonds. The molecule has 2 aliphatic rings. The zero-order valence-electron chi connectivity index (χ0n) is 20.1. The van der Waals surface area contributed by atoms with Gasteiger partial charge in [-0.3, -0.25) is 4.98 Å². The van der Waals surface area contributed by atoms with Crippen LogP contribution >= 0.6 is 0 Å². The van der Waals surface area contributed by atoms with Crippen LogP contribution in [0.15, 0.2) is 30.5 Å². The highest BCUT2D eigenvalue weighted by molar-refractivity contribution is 5.58. The third-order valence-corrected chi connectivity index (χ3v) is 7.03. The van der Waals surface area contributed by atoms with Crippen LogP contribution in [-0.4, -0.2) is 51.0 Å². The summed E-state index contributed by atoms with van der Waals surface area (Å²) in [6.45, 7) is 1.46. The standard InChI is InChI=1S/C23H21F9N6O/c1-11(21(24,25)26)39-15-4-5-17(23(30,31)32)38-19(15)35-20(36-38)34-18-12-2-3-13(18)10-37(9-12)14-6-7-33-16(8-14)22(27,28)29/h4-8,11-13,18H,2-3,9-10H2,1H3,(H,34,36). The number of ether oxygens (including phenoxy) is 1. The van der Waals surface area contributed by atoms with Crippen molar-refractivity contribution < 1.29 is 44.3 Å². The molecule has 16 heteroatoms. The maximum absolute atomic E-state index is 13.6. The van der Waals surface area contributed by atoms with Crippen molar-refractivity contribution >= 4 is 17.3 Å². The molecule has 1 aliphatic heterocycles. The molecule has 39 heavy (non-hydrogen) atoms. The van der Waals surface area contributed by atoms with Crippen molar-refractivity contribution in [1.29, 1.82) is 0 Å². The van der Waals surface area contributed by atoms with Gasteiger partial charge in [0.05, 0.1) is 0 Å². The number of hydrogen-bond donors (Lipinski definition) is 1. The highest BCUT2D eigenvalue weighted by atomic mass is 19.4. The summed E-state index contributed by atoms with van der Waals surface area (Å²) in [4.78, 5) is 9.21. The molecule has 3 aromatic rings. The van der Waals surface area contributed by atoms with Crippen LogP contribution in [-0.2, 0) is 12.4 Å². The molecule has 3 atom stereocenters. The van der Waals surface area contributed by atoms with E-state index in [-0.39, 0.29) is 23.8 Å². The van der Waals surface area contributed by atoms with Crippen molar-refractivity contribution in [3.8, 4) is 5.75 Å². The summed E-state index contributed by atoms with van der Waals surface area (Å²) in [6.07, 6.45) is -14.0. The van der Waals surface area contributed by atoms with E-state index in [9.17, 15) is 39.5 Å². The fourth-order valence-corrected chi connectivity index (χ4v) is 5.15. The molecule has 4 heterocycles. The minimum Gasteiger partial charge on any atom is -0.477 e. The molecule has 1 aliphatic carbocycles. The van der Waals surface area contributed by atoms with Gasteiger partial charge in [0.15, 0.2) is 17.5 Å². The first-order chi connectivity index (χ1) is 18.1. The van der Waals surface area contributed by atoms with Gasteiger partial charge < -0.3 is 15.0 Å². The summed E-state index contributed by atoms with van der Waals surface area (Å²) >= 11 is 0. The minimum absolute atomic E-state index is 0.0964. The first-order valence-corrected chi connectivity index (χ1v) is 11.9. The van der Waals surface area contributed by atoms with Crippen LogP contribution in [0.4, 0.5) is 51.1 Å². The molecule has 3 unspecified atom stereocenters. The van der Waals surface area contributed by atoms with Crippen LogP contribution in [0, 0.1) is 11.8 Å². The third-order valence-electron chi connectivity index (χ3n) is 7.03. The second-order valence-electron chi connectivity index (χ2n) is 9.62. The van der Waals surface area contributed by atoms with E-state index in [0.717, 1.165) is 25.3 Å². The number of anilines is 2. The smallest absolute Gasteiger partial charge is 0.433 e. The highest BCUT2D eigenvalue weighted by Gasteiger charge is 2.44. The fourth-order valence-electron chi connectivity index (χ4n) is 5.15. The molecule has 212 valence electrons. The Morgan fingerprint density at radius 3 is 2.21 bits per heavy atom. The summed E-state index contributed by atoms with van der Waals surface area (Å²) in [6, 6.07) is 3.48. The maximum Gasteiger partial charge on any atom is 0.433 e. The van der Waals surface area contributed by atoms with Gasteiger partial charge in [-0.1, -0.05) is 0 Å². The number of halogens is 9. The number of rotatable bonds is 5. The van der Waals surface area contributed by atoms with Gasteiger partial charge in [0.1, 0.15) is 11.4 Å². The van der Waals surface area contributed by atoms with Gasteiger partial charge in [0.25, 0.3) is 0 Å². The highest BCUT2D eigenvalue weighted by Crippen LogP contribution is 2.41. The Bertz CT molecular complexity index is 1340. The fraction of sp³-hybridized carbons (Fsp3) is 0.522. The Morgan fingerprint density at radius 2 is 1.62 bits per heavy atom. The summed E-state index contributed by atoms with van der Waals surface area (Å²) in [7, 11) is 0. The molecule has 3 aromatic heterocycles. The molecular weight excluding hydrogens is 547 g/mol. The van der Waals surface area contributed by atoms with Gasteiger partial charge in [0.2, 0.25) is 5.95 Å². The van der Waals surface area contributed by atoms with E-state index in [2.05, 4.69) is 20.4 Å². The van der Waals surface area contributed by atoms with E-state index in [4.69, 9.17) is 4.74 Å². The number of hydrogen-bond acceptors (Lipinski definition) is 6. The van der Waals surface area contributed by atoms with Crippen molar-refractivity contribution in [3.05, 3.63) is 41.9 Å². The van der Waals surface area contributed by atoms with Crippen LogP contribution in [0.2, 0.25) is 0 Å². The molecule has 1 saturated carbocycles. The lowest BCUT2D eigenvalue weighted by molar-refractivity contribution is -0.189. The van der Waals surface area contributed by atoms with Crippen LogP contribution in [0.5, 0.6) is 5.75 Å². The van der Waals surface area contributed by atoms with E-state index in [1.807, 2.05) is 0 Å². The van der Waals surface area contributed by atoms with E-state index in [1.165, 1.54) is 6.07 Å². The number of fused-ring (bicyclic) bond motifs is 3. The number of nitrogens with zero attached hydrogens (tertiary/aromatic N) is 5. The SMILES string of the molecule is CC(Oc1ccc(C(F)(F)F)n2nc(NC3C4CCC3CN(c3ccnc(C(F)(F)F)c3)C4)nc12)C(F)(F)F. The quantitative estimate of drug-likeness (QED) is 0.392. The number of alkyl halides is 9. The molecule has 0 spiro atoms. The molecular formula is C23H21F9N6O. The third kappa shape index (κ3) is 5.37. The minimum atomic E-state index is -4.87. The second kappa shape index (κ2) is 9.33. The molecule has 2 bridgehead atoms. The van der Waals surface area contributed by atoms with Gasteiger partial charge >= 0.3 is 18.5 Å². The molecule has 2 fully saturated rings. The average Bonchev–Trinajstić information content (AvgIpc) is 3.34. The summed E-state index contributed by atoms with van der Waals surface area (Å²) < 4.78 is 124. The van der Waals surface area contributed by atoms with Crippen molar-refractivity contribution in [1.82, 2.24) is 19.6 Å². The van der Waals surface area contributed by atoms with Crippen molar-refractivity contribution in [2.24, 2.45) is 11.8 Å². The van der Waals surface area contributed by atoms with Gasteiger partial charge in [-0.05, 0) is 55.9 Å². The average molecular weight is 568 g/mol. The maximum atomic E-state index is 13.6. The number of nitrogens with one attached hydrogen (secondary N) is 1. The van der Waals surface area contributed by atoms with E-state index in [1.54, 1.807) is 4.90 Å². The monoisotopic (exact) mass is 568 g/mol. The number of pyridine rings is 2. The lowest BCUT2D eigenvalue weighted by atomic mass is 9.92. The molecule has 0 aromatic carbocycles. The lowest BCUT2D eigenvalue weighted by Crippen LogP contribution is -2.48. The van der Waals surface area contributed by atoms with E-state index >= 15 is 0 Å². The Labute approximate surface area is 215 Å². The summed E-state index contributed by atoms with van der Waals surface area (Å²) in [5, 5.41) is 6.90. The molecule has 7 nitrogen and oxygen atoms in total. The van der Waals surface area contributed by atoms with Crippen molar-refractivity contribution in [3.63, 3.8) is 0 Å². The van der Waals surface area contributed by atoms with Crippen LogP contribution in [0.25, 0.3) is 5.65 Å². The normalized spacial score (nSPS) is 22.8. The summed E-state index contributed by atoms with van der Waals surface area (Å²) in [5.74, 6) is -0.944. The van der Waals surface area contributed by atoms with Crippen LogP contribution in [0.1, 0.15) is 31.2 Å². The largest absolute Gasteiger partial charge is 0.477 e. The molecule has 1 N–H and O–H groups in total. The Balaban J connectivity index is 1.40. The van der Waals surface area contributed by atoms with Gasteiger partial charge in [-0.2, -0.15) is 44.5 Å². The number of aromatic nitrogens is 4. The Morgan fingerprint density at radius 1 is 0.949 bits per heavy atom. The molecule has 0 radical (unpaired) electrons. The Kier molecular flexibility index (Phi) is 6.49. The van der Waals surface area contributed by atoms with Crippen molar-refractivity contribution in [2.75, 3.05) is 23.3 Å². The molecule has 1 saturated heterocycles. The first-order valence-electron chi connectivity index (χ1n) is 11.9. The summed E-state index contributed by atoms with van der Waals surface area (Å²) in [5.41, 5.74) is -2.44. The van der Waals surface area contributed by atoms with E-state index < -0.39 is 47.4 Å². The van der Waals surface area contributed by atoms with Crippen molar-refractivity contribution in [2.45, 2.75) is 50.4 Å². The predicted octanol–water partition coefficient (Wildman–Crippen LogP) is 5.82.